The molecule has 0 aliphatic carbocycles. The number of carbonyl (C=O) groups is 1. The van der Waals surface area contributed by atoms with Crippen molar-refractivity contribution in [2.24, 2.45) is 0 Å². The van der Waals surface area contributed by atoms with Gasteiger partial charge in [-0.1, -0.05) is 29.8 Å². The lowest BCUT2D eigenvalue weighted by Gasteiger charge is -2.10. The second kappa shape index (κ2) is 7.40. The monoisotopic (exact) mass is 395 g/mol. The fraction of sp³-hybridized carbons (Fsp3) is 0.0952. The van der Waals surface area contributed by atoms with Crippen molar-refractivity contribution in [2.45, 2.75) is 6.92 Å². The number of hydrogen-bond donors (Lipinski definition) is 0. The molecular weight excluding hydrogens is 381 g/mol. The summed E-state index contributed by atoms with van der Waals surface area (Å²) in [7, 11) is 0. The van der Waals surface area contributed by atoms with E-state index in [-0.39, 0.29) is 18.1 Å². The Kier molecular flexibility index (Phi) is 4.79. The molecule has 2 aromatic carbocycles. The Balaban J connectivity index is 1.96. The number of ether oxygens (including phenoxy) is 1. The molecule has 28 heavy (non-hydrogen) atoms. The Morgan fingerprint density at radius 3 is 2.61 bits per heavy atom. The van der Waals surface area contributed by atoms with Gasteiger partial charge in [-0.2, -0.15) is 5.10 Å². The van der Waals surface area contributed by atoms with Crippen LogP contribution in [0, 0.1) is 5.82 Å². The summed E-state index contributed by atoms with van der Waals surface area (Å²) in [4.78, 5) is 16.7. The molecule has 0 atom stereocenters. The molecule has 0 bridgehead atoms. The van der Waals surface area contributed by atoms with Gasteiger partial charge in [0.25, 0.3) is 0 Å². The van der Waals surface area contributed by atoms with Crippen molar-refractivity contribution in [2.75, 3.05) is 6.61 Å². The van der Waals surface area contributed by atoms with Gasteiger partial charge in [0, 0.05) is 22.2 Å². The molecule has 0 N–H and O–H groups in total. The summed E-state index contributed by atoms with van der Waals surface area (Å²) in [6.07, 6.45) is 0. The van der Waals surface area contributed by atoms with Gasteiger partial charge >= 0.3 is 5.97 Å². The number of fused-ring (bicyclic) bond motifs is 1. The van der Waals surface area contributed by atoms with Crippen LogP contribution in [0.4, 0.5) is 4.39 Å². The quantitative estimate of drug-likeness (QED) is 0.454. The van der Waals surface area contributed by atoms with E-state index in [9.17, 15) is 9.18 Å². The summed E-state index contributed by atoms with van der Waals surface area (Å²) in [6.45, 7) is 1.98. The molecule has 0 radical (unpaired) electrons. The van der Waals surface area contributed by atoms with E-state index in [0.717, 1.165) is 11.1 Å². The summed E-state index contributed by atoms with van der Waals surface area (Å²) in [5, 5.41) is 4.89. The highest BCUT2D eigenvalue weighted by Gasteiger charge is 2.18. The maximum absolute atomic E-state index is 13.3. The van der Waals surface area contributed by atoms with Crippen LogP contribution in [-0.2, 0) is 4.74 Å². The molecule has 0 spiro atoms. The molecule has 7 heteroatoms. The van der Waals surface area contributed by atoms with Crippen molar-refractivity contribution in [1.82, 2.24) is 14.6 Å². The minimum absolute atomic E-state index is 0.152. The van der Waals surface area contributed by atoms with Gasteiger partial charge in [-0.3, -0.25) is 0 Å². The van der Waals surface area contributed by atoms with E-state index in [1.165, 1.54) is 12.1 Å². The minimum atomic E-state index is -0.526. The zero-order chi connectivity index (χ0) is 19.7. The number of rotatable bonds is 4. The van der Waals surface area contributed by atoms with Gasteiger partial charge in [-0.05, 0) is 43.3 Å². The SMILES string of the molecule is CCOC(=O)c1cc2nc(-c3ccc(F)cc3)cc(-c3ccccc3Cl)n2n1. The second-order valence-electron chi connectivity index (χ2n) is 6.03. The largest absolute Gasteiger partial charge is 0.461 e. The Morgan fingerprint density at radius 2 is 1.89 bits per heavy atom. The van der Waals surface area contributed by atoms with Crippen LogP contribution in [0.25, 0.3) is 28.2 Å². The Bertz CT molecular complexity index is 1170. The third kappa shape index (κ3) is 3.34. The zero-order valence-corrected chi connectivity index (χ0v) is 15.7. The molecule has 0 amide bonds. The van der Waals surface area contributed by atoms with Crippen LogP contribution < -0.4 is 0 Å². The average Bonchev–Trinajstić information content (AvgIpc) is 3.13. The molecule has 2 aromatic heterocycles. The first-order valence-electron chi connectivity index (χ1n) is 8.65. The van der Waals surface area contributed by atoms with Crippen LogP contribution in [0.5, 0.6) is 0 Å². The molecule has 5 nitrogen and oxygen atoms in total. The van der Waals surface area contributed by atoms with E-state index in [0.29, 0.717) is 22.1 Å². The zero-order valence-electron chi connectivity index (χ0n) is 14.9. The molecule has 2 heterocycles. The van der Waals surface area contributed by atoms with Crippen molar-refractivity contribution in [3.8, 4) is 22.5 Å². The fourth-order valence-electron chi connectivity index (χ4n) is 2.91. The van der Waals surface area contributed by atoms with Gasteiger partial charge in [-0.25, -0.2) is 18.7 Å². The highest BCUT2D eigenvalue weighted by molar-refractivity contribution is 6.33. The molecule has 4 aromatic rings. The Hall–Kier alpha value is -3.25. The lowest BCUT2D eigenvalue weighted by Crippen LogP contribution is -2.06. The van der Waals surface area contributed by atoms with Crippen LogP contribution in [0.15, 0.2) is 60.7 Å². The predicted molar refractivity (Wildman–Crippen MR) is 105 cm³/mol. The van der Waals surface area contributed by atoms with Crippen molar-refractivity contribution in [3.05, 3.63) is 77.2 Å². The molecule has 0 aliphatic rings. The molecule has 4 rings (SSSR count). The second-order valence-corrected chi connectivity index (χ2v) is 6.44. The summed E-state index contributed by atoms with van der Waals surface area (Å²) in [6, 6.07) is 16.7. The molecule has 0 fully saturated rings. The number of nitrogens with zero attached hydrogens (tertiary/aromatic N) is 3. The van der Waals surface area contributed by atoms with Crippen LogP contribution in [0.3, 0.4) is 0 Å². The van der Waals surface area contributed by atoms with E-state index < -0.39 is 5.97 Å². The van der Waals surface area contributed by atoms with Crippen molar-refractivity contribution < 1.29 is 13.9 Å². The first-order chi connectivity index (χ1) is 13.6. The summed E-state index contributed by atoms with van der Waals surface area (Å²) in [5.74, 6) is -0.855. The molecule has 0 saturated heterocycles. The van der Waals surface area contributed by atoms with Crippen LogP contribution >= 0.6 is 11.6 Å². The number of hydrogen-bond acceptors (Lipinski definition) is 4. The predicted octanol–water partition coefficient (Wildman–Crippen LogP) is 5.03. The number of benzene rings is 2. The van der Waals surface area contributed by atoms with Crippen LogP contribution in [0.2, 0.25) is 5.02 Å². The van der Waals surface area contributed by atoms with Crippen molar-refractivity contribution >= 4 is 23.2 Å². The maximum atomic E-state index is 13.3. The van der Waals surface area contributed by atoms with Gasteiger partial charge in [0.05, 0.1) is 18.0 Å². The average molecular weight is 396 g/mol. The number of halogens is 2. The van der Waals surface area contributed by atoms with E-state index in [2.05, 4.69) is 10.1 Å². The molecular formula is C21H15ClFN3O2. The van der Waals surface area contributed by atoms with Crippen molar-refractivity contribution in [3.63, 3.8) is 0 Å². The van der Waals surface area contributed by atoms with E-state index in [4.69, 9.17) is 16.3 Å². The fourth-order valence-corrected chi connectivity index (χ4v) is 3.14. The first kappa shape index (κ1) is 18.1. The normalized spacial score (nSPS) is 11.0. The van der Waals surface area contributed by atoms with Crippen molar-refractivity contribution in [1.29, 1.82) is 0 Å². The summed E-state index contributed by atoms with van der Waals surface area (Å²) >= 11 is 6.39. The molecule has 0 aliphatic heterocycles. The van der Waals surface area contributed by atoms with E-state index in [1.54, 1.807) is 35.7 Å². The first-order valence-corrected chi connectivity index (χ1v) is 9.03. The topological polar surface area (TPSA) is 56.5 Å². The molecule has 0 saturated carbocycles. The lowest BCUT2D eigenvalue weighted by molar-refractivity contribution is 0.0519. The standard InChI is InChI=1S/C21H15ClFN3O2/c1-2-28-21(27)18-12-20-24-17(13-7-9-14(23)10-8-13)11-19(26(20)25-18)15-5-3-4-6-16(15)22/h3-12H,2H2,1H3. The summed E-state index contributed by atoms with van der Waals surface area (Å²) in [5.41, 5.74) is 3.34. The van der Waals surface area contributed by atoms with Crippen LogP contribution in [0.1, 0.15) is 17.4 Å². The van der Waals surface area contributed by atoms with Gasteiger partial charge in [0.2, 0.25) is 0 Å². The highest BCUT2D eigenvalue weighted by Crippen LogP contribution is 2.31. The van der Waals surface area contributed by atoms with Crippen LogP contribution in [-0.4, -0.2) is 27.2 Å². The van der Waals surface area contributed by atoms with Gasteiger partial charge < -0.3 is 4.74 Å². The number of aromatic nitrogens is 3. The summed E-state index contributed by atoms with van der Waals surface area (Å²) < 4.78 is 19.9. The molecule has 0 unspecified atom stereocenters. The van der Waals surface area contributed by atoms with Gasteiger partial charge in [0.15, 0.2) is 11.3 Å². The third-order valence-corrected chi connectivity index (χ3v) is 4.53. The smallest absolute Gasteiger partial charge is 0.358 e. The minimum Gasteiger partial charge on any atom is -0.461 e. The maximum Gasteiger partial charge on any atom is 0.358 e. The Morgan fingerprint density at radius 1 is 1.14 bits per heavy atom. The lowest BCUT2D eigenvalue weighted by atomic mass is 10.1. The van der Waals surface area contributed by atoms with E-state index in [1.807, 2.05) is 24.3 Å². The van der Waals surface area contributed by atoms with E-state index >= 15 is 0 Å². The third-order valence-electron chi connectivity index (χ3n) is 4.20. The van der Waals surface area contributed by atoms with Gasteiger partial charge in [-0.15, -0.1) is 0 Å². The molecule has 140 valence electrons. The van der Waals surface area contributed by atoms with Gasteiger partial charge in [0.1, 0.15) is 5.82 Å². The number of esters is 1. The Labute approximate surface area is 165 Å². The highest BCUT2D eigenvalue weighted by atomic mass is 35.5. The number of carbonyl (C=O) groups excluding carboxylic acids is 1.